The fraction of sp³-hybridized carbons (Fsp3) is 0.235. The molecule has 0 fully saturated rings. The number of rotatable bonds is 6. The molecule has 0 radical (unpaired) electrons. The van der Waals surface area contributed by atoms with E-state index >= 15 is 0 Å². The number of carbonyl (C=O) groups is 1. The van der Waals surface area contributed by atoms with Crippen molar-refractivity contribution in [1.29, 1.82) is 0 Å². The monoisotopic (exact) mass is 318 g/mol. The molecule has 4 nitrogen and oxygen atoms in total. The maximum Gasteiger partial charge on any atom is 0.238 e. The predicted octanol–water partition coefficient (Wildman–Crippen LogP) is 3.64. The van der Waals surface area contributed by atoms with Crippen LogP contribution in [-0.2, 0) is 4.79 Å². The van der Waals surface area contributed by atoms with Crippen molar-refractivity contribution >= 4 is 23.2 Å². The first-order valence-corrected chi connectivity index (χ1v) is 7.39. The molecule has 0 saturated heterocycles. The summed E-state index contributed by atoms with van der Waals surface area (Å²) >= 11 is 6.14. The SMILES string of the molecule is COc1cccc(NC(=O)CNC(C)c2ccccc2Cl)c1. The second kappa shape index (κ2) is 7.82. The lowest BCUT2D eigenvalue weighted by molar-refractivity contribution is -0.115. The highest BCUT2D eigenvalue weighted by molar-refractivity contribution is 6.31. The molecule has 5 heteroatoms. The van der Waals surface area contributed by atoms with E-state index in [2.05, 4.69) is 10.6 Å². The van der Waals surface area contributed by atoms with Crippen LogP contribution in [0.3, 0.4) is 0 Å². The topological polar surface area (TPSA) is 50.4 Å². The van der Waals surface area contributed by atoms with Crippen LogP contribution in [-0.4, -0.2) is 19.6 Å². The van der Waals surface area contributed by atoms with Crippen molar-refractivity contribution in [1.82, 2.24) is 5.32 Å². The van der Waals surface area contributed by atoms with Crippen LogP contribution in [0.25, 0.3) is 0 Å². The van der Waals surface area contributed by atoms with Crippen molar-refractivity contribution in [2.45, 2.75) is 13.0 Å². The van der Waals surface area contributed by atoms with Gasteiger partial charge in [0.1, 0.15) is 5.75 Å². The molecular weight excluding hydrogens is 300 g/mol. The molecule has 0 saturated carbocycles. The van der Waals surface area contributed by atoms with Crippen LogP contribution >= 0.6 is 11.6 Å². The Labute approximate surface area is 135 Å². The van der Waals surface area contributed by atoms with Crippen LogP contribution in [0.1, 0.15) is 18.5 Å². The van der Waals surface area contributed by atoms with Crippen LogP contribution < -0.4 is 15.4 Å². The number of amides is 1. The largest absolute Gasteiger partial charge is 0.497 e. The molecule has 0 aliphatic heterocycles. The van der Waals surface area contributed by atoms with Gasteiger partial charge in [0.2, 0.25) is 5.91 Å². The summed E-state index contributed by atoms with van der Waals surface area (Å²) in [5.41, 5.74) is 1.68. The summed E-state index contributed by atoms with van der Waals surface area (Å²) in [6, 6.07) is 14.8. The fourth-order valence-electron chi connectivity index (χ4n) is 2.09. The average Bonchev–Trinajstić information content (AvgIpc) is 2.53. The van der Waals surface area contributed by atoms with Crippen molar-refractivity contribution in [3.8, 4) is 5.75 Å². The molecule has 0 bridgehead atoms. The van der Waals surface area contributed by atoms with Crippen LogP contribution in [0, 0.1) is 0 Å². The lowest BCUT2D eigenvalue weighted by Gasteiger charge is -2.15. The normalized spacial score (nSPS) is 11.8. The Morgan fingerprint density at radius 2 is 2.00 bits per heavy atom. The second-order valence-corrected chi connectivity index (χ2v) is 5.31. The summed E-state index contributed by atoms with van der Waals surface area (Å²) in [6.45, 7) is 2.17. The van der Waals surface area contributed by atoms with Crippen molar-refractivity contribution in [3.05, 3.63) is 59.1 Å². The zero-order valence-electron chi connectivity index (χ0n) is 12.6. The zero-order chi connectivity index (χ0) is 15.9. The van der Waals surface area contributed by atoms with E-state index < -0.39 is 0 Å². The number of hydrogen-bond donors (Lipinski definition) is 2. The number of carbonyl (C=O) groups excluding carboxylic acids is 1. The third-order valence-electron chi connectivity index (χ3n) is 3.29. The Kier molecular flexibility index (Phi) is 5.81. The quantitative estimate of drug-likeness (QED) is 0.855. The lowest BCUT2D eigenvalue weighted by Crippen LogP contribution is -2.30. The van der Waals surface area contributed by atoms with Gasteiger partial charge in [-0.1, -0.05) is 35.9 Å². The number of anilines is 1. The number of hydrogen-bond acceptors (Lipinski definition) is 3. The molecule has 2 aromatic carbocycles. The molecule has 1 unspecified atom stereocenters. The van der Waals surface area contributed by atoms with Crippen LogP contribution in [0.2, 0.25) is 5.02 Å². The van der Waals surface area contributed by atoms with Gasteiger partial charge in [0.15, 0.2) is 0 Å². The Balaban J connectivity index is 1.88. The smallest absolute Gasteiger partial charge is 0.238 e. The van der Waals surface area contributed by atoms with Gasteiger partial charge >= 0.3 is 0 Å². The Morgan fingerprint density at radius 3 is 2.73 bits per heavy atom. The highest BCUT2D eigenvalue weighted by atomic mass is 35.5. The average molecular weight is 319 g/mol. The minimum atomic E-state index is -0.118. The number of benzene rings is 2. The summed E-state index contributed by atoms with van der Waals surface area (Å²) in [5, 5.41) is 6.67. The molecule has 2 rings (SSSR count). The van der Waals surface area contributed by atoms with E-state index in [0.717, 1.165) is 5.56 Å². The molecule has 22 heavy (non-hydrogen) atoms. The first-order chi connectivity index (χ1) is 10.6. The molecule has 0 aliphatic rings. The summed E-state index contributed by atoms with van der Waals surface area (Å²) in [7, 11) is 1.59. The highest BCUT2D eigenvalue weighted by Crippen LogP contribution is 2.22. The molecule has 0 aromatic heterocycles. The van der Waals surface area contributed by atoms with E-state index in [1.165, 1.54) is 0 Å². The van der Waals surface area contributed by atoms with E-state index in [1.807, 2.05) is 49.4 Å². The van der Waals surface area contributed by atoms with E-state index in [4.69, 9.17) is 16.3 Å². The summed E-state index contributed by atoms with van der Waals surface area (Å²) in [5.74, 6) is 0.586. The molecule has 0 aliphatic carbocycles. The molecule has 1 amide bonds. The van der Waals surface area contributed by atoms with E-state index in [1.54, 1.807) is 13.2 Å². The second-order valence-electron chi connectivity index (χ2n) is 4.90. The maximum absolute atomic E-state index is 12.0. The summed E-state index contributed by atoms with van der Waals surface area (Å²) < 4.78 is 5.12. The van der Waals surface area contributed by atoms with Crippen LogP contribution in [0.15, 0.2) is 48.5 Å². The minimum absolute atomic E-state index is 0.00948. The molecule has 2 aromatic rings. The Hall–Kier alpha value is -2.04. The highest BCUT2D eigenvalue weighted by Gasteiger charge is 2.10. The van der Waals surface area contributed by atoms with Gasteiger partial charge < -0.3 is 15.4 Å². The Bertz CT molecular complexity index is 646. The molecule has 1 atom stereocenters. The fourth-order valence-corrected chi connectivity index (χ4v) is 2.39. The van der Waals surface area contributed by atoms with Gasteiger partial charge in [0.25, 0.3) is 0 Å². The number of methoxy groups -OCH3 is 1. The maximum atomic E-state index is 12.0. The third kappa shape index (κ3) is 4.48. The molecule has 0 spiro atoms. The van der Waals surface area contributed by atoms with E-state index in [0.29, 0.717) is 16.5 Å². The molecule has 116 valence electrons. The van der Waals surface area contributed by atoms with Gasteiger partial charge in [0, 0.05) is 22.8 Å². The standard InChI is InChI=1S/C17H19ClN2O2/c1-12(15-8-3-4-9-16(15)18)19-11-17(21)20-13-6-5-7-14(10-13)22-2/h3-10,12,19H,11H2,1-2H3,(H,20,21). The van der Waals surface area contributed by atoms with Gasteiger partial charge in [-0.15, -0.1) is 0 Å². The predicted molar refractivity (Wildman–Crippen MR) is 89.5 cm³/mol. The lowest BCUT2D eigenvalue weighted by atomic mass is 10.1. The number of ether oxygens (including phenoxy) is 1. The first kappa shape index (κ1) is 16.3. The third-order valence-corrected chi connectivity index (χ3v) is 3.64. The van der Waals surface area contributed by atoms with Crippen LogP contribution in [0.4, 0.5) is 5.69 Å². The number of halogens is 1. The van der Waals surface area contributed by atoms with Crippen molar-refractivity contribution in [2.24, 2.45) is 0 Å². The van der Waals surface area contributed by atoms with E-state index in [9.17, 15) is 4.79 Å². The number of nitrogens with one attached hydrogen (secondary N) is 2. The van der Waals surface area contributed by atoms with Gasteiger partial charge in [-0.3, -0.25) is 4.79 Å². The van der Waals surface area contributed by atoms with Crippen molar-refractivity contribution in [2.75, 3.05) is 19.0 Å². The zero-order valence-corrected chi connectivity index (χ0v) is 13.4. The Morgan fingerprint density at radius 1 is 1.23 bits per heavy atom. The summed E-state index contributed by atoms with van der Waals surface area (Å²) in [4.78, 5) is 12.0. The van der Waals surface area contributed by atoms with Crippen molar-refractivity contribution < 1.29 is 9.53 Å². The van der Waals surface area contributed by atoms with E-state index in [-0.39, 0.29) is 18.5 Å². The van der Waals surface area contributed by atoms with Crippen molar-refractivity contribution in [3.63, 3.8) is 0 Å². The van der Waals surface area contributed by atoms with Gasteiger partial charge in [-0.25, -0.2) is 0 Å². The summed E-state index contributed by atoms with van der Waals surface area (Å²) in [6.07, 6.45) is 0. The van der Waals surface area contributed by atoms with Gasteiger partial charge in [-0.05, 0) is 30.7 Å². The molecule has 0 heterocycles. The minimum Gasteiger partial charge on any atom is -0.497 e. The first-order valence-electron chi connectivity index (χ1n) is 7.02. The van der Waals surface area contributed by atoms with Crippen LogP contribution in [0.5, 0.6) is 5.75 Å². The van der Waals surface area contributed by atoms with Gasteiger partial charge in [0.05, 0.1) is 13.7 Å². The van der Waals surface area contributed by atoms with Gasteiger partial charge in [-0.2, -0.15) is 0 Å². The molecule has 2 N–H and O–H groups in total. The molecular formula is C17H19ClN2O2.